The topological polar surface area (TPSA) is 52.7 Å². The van der Waals surface area contributed by atoms with E-state index in [1.54, 1.807) is 8.61 Å². The monoisotopic (exact) mass is 275 g/mol. The molecule has 6 heteroatoms. The predicted molar refractivity (Wildman–Crippen MR) is 72.6 cm³/mol. The van der Waals surface area contributed by atoms with Gasteiger partial charge in [-0.05, 0) is 26.7 Å². The minimum Gasteiger partial charge on any atom is -0.311 e. The molecule has 2 rings (SSSR count). The number of hydrogen-bond acceptors (Lipinski definition) is 3. The summed E-state index contributed by atoms with van der Waals surface area (Å²) in [5.41, 5.74) is 0. The molecule has 2 fully saturated rings. The molecule has 18 heavy (non-hydrogen) atoms. The van der Waals surface area contributed by atoms with Crippen LogP contribution in [0.15, 0.2) is 0 Å². The van der Waals surface area contributed by atoms with Crippen molar-refractivity contribution in [3.8, 4) is 0 Å². The molecule has 2 saturated heterocycles. The molecule has 0 radical (unpaired) electrons. The zero-order valence-electron chi connectivity index (χ0n) is 11.4. The lowest BCUT2D eigenvalue weighted by atomic mass is 10.2. The maximum absolute atomic E-state index is 12.7. The van der Waals surface area contributed by atoms with E-state index in [0.29, 0.717) is 19.6 Å². The first-order valence-corrected chi connectivity index (χ1v) is 8.42. The van der Waals surface area contributed by atoms with Gasteiger partial charge in [-0.1, -0.05) is 12.8 Å². The molecular formula is C12H25N3O2S. The van der Waals surface area contributed by atoms with Crippen LogP contribution < -0.4 is 5.32 Å². The van der Waals surface area contributed by atoms with Crippen molar-refractivity contribution in [2.75, 3.05) is 26.2 Å². The largest absolute Gasteiger partial charge is 0.311 e. The maximum atomic E-state index is 12.7. The minimum absolute atomic E-state index is 0.0504. The molecular weight excluding hydrogens is 250 g/mol. The average Bonchev–Trinajstić information content (AvgIpc) is 2.61. The van der Waals surface area contributed by atoms with Gasteiger partial charge in [-0.15, -0.1) is 0 Å². The van der Waals surface area contributed by atoms with E-state index in [4.69, 9.17) is 0 Å². The lowest BCUT2D eigenvalue weighted by Gasteiger charge is -2.39. The van der Waals surface area contributed by atoms with Gasteiger partial charge in [0.2, 0.25) is 0 Å². The lowest BCUT2D eigenvalue weighted by Crippen LogP contribution is -2.59. The molecule has 0 spiro atoms. The first kappa shape index (κ1) is 14.2. The van der Waals surface area contributed by atoms with E-state index < -0.39 is 10.2 Å². The van der Waals surface area contributed by atoms with Gasteiger partial charge in [-0.2, -0.15) is 17.0 Å². The Bertz CT molecular complexity index is 364. The standard InChI is InChI=1S/C12H25N3O2S/c1-11-10-15(12(2)9-13-11)18(16,17)14-7-5-3-4-6-8-14/h11-13H,3-10H2,1-2H3. The van der Waals surface area contributed by atoms with Crippen molar-refractivity contribution in [2.45, 2.75) is 51.6 Å². The van der Waals surface area contributed by atoms with E-state index in [0.717, 1.165) is 32.2 Å². The molecule has 2 aliphatic rings. The Morgan fingerprint density at radius 3 is 2.28 bits per heavy atom. The van der Waals surface area contributed by atoms with Gasteiger partial charge in [0.15, 0.2) is 0 Å². The highest BCUT2D eigenvalue weighted by atomic mass is 32.2. The number of nitrogens with one attached hydrogen (secondary N) is 1. The summed E-state index contributed by atoms with van der Waals surface area (Å²) in [6, 6.07) is 0.289. The molecule has 0 saturated carbocycles. The fraction of sp³-hybridized carbons (Fsp3) is 1.00. The van der Waals surface area contributed by atoms with Crippen molar-refractivity contribution in [2.24, 2.45) is 0 Å². The van der Waals surface area contributed by atoms with Crippen molar-refractivity contribution in [1.29, 1.82) is 0 Å². The van der Waals surface area contributed by atoms with Crippen molar-refractivity contribution in [3.05, 3.63) is 0 Å². The zero-order chi connectivity index (χ0) is 13.2. The van der Waals surface area contributed by atoms with Crippen molar-refractivity contribution < 1.29 is 8.42 Å². The van der Waals surface area contributed by atoms with Gasteiger partial charge in [0.25, 0.3) is 10.2 Å². The molecule has 5 nitrogen and oxygen atoms in total. The Labute approximate surface area is 111 Å². The van der Waals surface area contributed by atoms with Crippen molar-refractivity contribution in [1.82, 2.24) is 13.9 Å². The summed E-state index contributed by atoms with van der Waals surface area (Å²) in [5.74, 6) is 0. The summed E-state index contributed by atoms with van der Waals surface area (Å²) in [7, 11) is -3.26. The molecule has 2 aliphatic heterocycles. The van der Waals surface area contributed by atoms with Gasteiger partial charge in [0.05, 0.1) is 0 Å². The number of rotatable bonds is 2. The second-order valence-electron chi connectivity index (χ2n) is 5.55. The summed E-state index contributed by atoms with van der Waals surface area (Å²) in [6.07, 6.45) is 4.30. The quantitative estimate of drug-likeness (QED) is 0.810. The van der Waals surface area contributed by atoms with Crippen LogP contribution in [0.2, 0.25) is 0 Å². The van der Waals surface area contributed by atoms with Gasteiger partial charge < -0.3 is 5.32 Å². The van der Waals surface area contributed by atoms with Gasteiger partial charge in [0, 0.05) is 38.3 Å². The Morgan fingerprint density at radius 2 is 1.67 bits per heavy atom. The van der Waals surface area contributed by atoms with Crippen LogP contribution in [0, 0.1) is 0 Å². The number of nitrogens with zero attached hydrogens (tertiary/aromatic N) is 2. The molecule has 0 amide bonds. The number of piperazine rings is 1. The normalized spacial score (nSPS) is 33.2. The highest BCUT2D eigenvalue weighted by Gasteiger charge is 2.36. The second kappa shape index (κ2) is 5.86. The third-order valence-corrected chi connectivity index (χ3v) is 6.01. The fourth-order valence-electron chi connectivity index (χ4n) is 2.73. The first-order chi connectivity index (χ1) is 8.51. The molecule has 0 aliphatic carbocycles. The van der Waals surface area contributed by atoms with E-state index >= 15 is 0 Å². The van der Waals surface area contributed by atoms with Crippen LogP contribution in [-0.2, 0) is 10.2 Å². The van der Waals surface area contributed by atoms with E-state index in [1.165, 1.54) is 0 Å². The van der Waals surface area contributed by atoms with Gasteiger partial charge in [-0.25, -0.2) is 0 Å². The van der Waals surface area contributed by atoms with Crippen LogP contribution in [0.4, 0.5) is 0 Å². The maximum Gasteiger partial charge on any atom is 0.282 e. The molecule has 0 aromatic rings. The molecule has 1 N–H and O–H groups in total. The van der Waals surface area contributed by atoms with Crippen LogP contribution >= 0.6 is 0 Å². The summed E-state index contributed by atoms with van der Waals surface area (Å²) in [5, 5.41) is 3.32. The third-order valence-electron chi connectivity index (χ3n) is 3.89. The van der Waals surface area contributed by atoms with Crippen LogP contribution in [0.3, 0.4) is 0 Å². The average molecular weight is 275 g/mol. The first-order valence-electron chi connectivity index (χ1n) is 7.02. The van der Waals surface area contributed by atoms with Gasteiger partial charge in [-0.3, -0.25) is 0 Å². The predicted octanol–water partition coefficient (Wildman–Crippen LogP) is 0.789. The lowest BCUT2D eigenvalue weighted by molar-refractivity contribution is 0.226. The molecule has 2 heterocycles. The van der Waals surface area contributed by atoms with Crippen LogP contribution in [0.5, 0.6) is 0 Å². The minimum atomic E-state index is -3.26. The zero-order valence-corrected chi connectivity index (χ0v) is 12.2. The Balaban J connectivity index is 2.12. The Kier molecular flexibility index (Phi) is 4.64. The van der Waals surface area contributed by atoms with Gasteiger partial charge >= 0.3 is 0 Å². The molecule has 0 aromatic heterocycles. The molecule has 2 unspecified atom stereocenters. The Morgan fingerprint density at radius 1 is 1.06 bits per heavy atom. The fourth-order valence-corrected chi connectivity index (χ4v) is 4.69. The molecule has 0 bridgehead atoms. The van der Waals surface area contributed by atoms with Crippen LogP contribution in [-0.4, -0.2) is 55.3 Å². The van der Waals surface area contributed by atoms with Crippen molar-refractivity contribution in [3.63, 3.8) is 0 Å². The van der Waals surface area contributed by atoms with E-state index in [2.05, 4.69) is 5.32 Å². The highest BCUT2D eigenvalue weighted by molar-refractivity contribution is 7.86. The summed E-state index contributed by atoms with van der Waals surface area (Å²) >= 11 is 0. The smallest absolute Gasteiger partial charge is 0.282 e. The third kappa shape index (κ3) is 3.04. The molecule has 106 valence electrons. The molecule has 2 atom stereocenters. The van der Waals surface area contributed by atoms with E-state index in [1.807, 2.05) is 13.8 Å². The highest BCUT2D eigenvalue weighted by Crippen LogP contribution is 2.20. The molecule has 0 aromatic carbocycles. The summed E-state index contributed by atoms with van der Waals surface area (Å²) < 4.78 is 28.7. The second-order valence-corrected chi connectivity index (χ2v) is 7.43. The van der Waals surface area contributed by atoms with Crippen LogP contribution in [0.1, 0.15) is 39.5 Å². The van der Waals surface area contributed by atoms with E-state index in [9.17, 15) is 8.42 Å². The van der Waals surface area contributed by atoms with E-state index in [-0.39, 0.29) is 12.1 Å². The van der Waals surface area contributed by atoms with Crippen molar-refractivity contribution >= 4 is 10.2 Å². The SMILES string of the molecule is CC1CN(S(=O)(=O)N2CCCCCC2)C(C)CN1. The van der Waals surface area contributed by atoms with Gasteiger partial charge in [0.1, 0.15) is 0 Å². The number of hydrogen-bond donors (Lipinski definition) is 1. The van der Waals surface area contributed by atoms with Crippen LogP contribution in [0.25, 0.3) is 0 Å². The summed E-state index contributed by atoms with van der Waals surface area (Å²) in [6.45, 7) is 6.72. The summed E-state index contributed by atoms with van der Waals surface area (Å²) in [4.78, 5) is 0. The Hall–Kier alpha value is -0.170.